The Bertz CT molecular complexity index is 222. The smallest absolute Gasteiger partial charge is 0.240 e. The summed E-state index contributed by atoms with van der Waals surface area (Å²) in [7, 11) is 0. The van der Waals surface area contributed by atoms with Crippen LogP contribution >= 0.6 is 0 Å². The fraction of sp³-hybridized carbons (Fsp3) is 0.500. The van der Waals surface area contributed by atoms with Crippen molar-refractivity contribution in [2.45, 2.75) is 26.7 Å². The summed E-state index contributed by atoms with van der Waals surface area (Å²) in [6.07, 6.45) is 3.11. The average molecular weight is 198 g/mol. The highest BCUT2D eigenvalue weighted by molar-refractivity contribution is 5.84. The van der Waals surface area contributed by atoms with Crippen LogP contribution in [-0.2, 0) is 9.59 Å². The second-order valence-corrected chi connectivity index (χ2v) is 2.34. The highest BCUT2D eigenvalue weighted by Gasteiger charge is 2.04. The number of nitrogens with one attached hydrogen (secondary N) is 2. The third-order valence-electron chi connectivity index (χ3n) is 1.22. The van der Waals surface area contributed by atoms with Crippen LogP contribution in [0.3, 0.4) is 0 Å². The van der Waals surface area contributed by atoms with Gasteiger partial charge in [-0.1, -0.05) is 0 Å². The molecule has 0 aromatic heterocycles. The first-order chi connectivity index (χ1) is 6.70. The first-order valence-corrected chi connectivity index (χ1v) is 4.23. The van der Waals surface area contributed by atoms with Gasteiger partial charge in [0.05, 0.1) is 0 Å². The van der Waals surface area contributed by atoms with Crippen LogP contribution in [0, 0.1) is 0 Å². The average Bonchev–Trinajstić information content (AvgIpc) is 2.20. The summed E-state index contributed by atoms with van der Waals surface area (Å²) in [4.78, 5) is 21.9. The van der Waals surface area contributed by atoms with Crippen molar-refractivity contribution in [3.63, 3.8) is 0 Å². The molecular formula is C8H14N4O2. The molecule has 0 rings (SSSR count). The molecule has 0 heterocycles. The molecule has 0 aliphatic rings. The van der Waals surface area contributed by atoms with Gasteiger partial charge in [0.15, 0.2) is 0 Å². The number of amides is 2. The second kappa shape index (κ2) is 7.90. The first kappa shape index (κ1) is 12.3. The topological polar surface area (TPSA) is 82.9 Å². The number of hydrogen-bond donors (Lipinski definition) is 2. The number of hydrazone groups is 2. The van der Waals surface area contributed by atoms with E-state index in [-0.39, 0.29) is 24.7 Å². The molecule has 0 aliphatic carbocycles. The molecule has 6 heteroatoms. The highest BCUT2D eigenvalue weighted by Crippen LogP contribution is 1.88. The maximum Gasteiger partial charge on any atom is 0.240 e. The Balaban J connectivity index is 3.61. The Hall–Kier alpha value is -1.72. The maximum atomic E-state index is 10.9. The van der Waals surface area contributed by atoms with Gasteiger partial charge in [0.2, 0.25) is 11.8 Å². The Morgan fingerprint density at radius 2 is 1.36 bits per heavy atom. The number of rotatable bonds is 5. The molecule has 6 nitrogen and oxygen atoms in total. The van der Waals surface area contributed by atoms with Crippen molar-refractivity contribution >= 4 is 24.2 Å². The quantitative estimate of drug-likeness (QED) is 0.482. The van der Waals surface area contributed by atoms with Gasteiger partial charge in [0.25, 0.3) is 0 Å². The van der Waals surface area contributed by atoms with Crippen LogP contribution in [0.25, 0.3) is 0 Å². The molecule has 0 spiro atoms. The van der Waals surface area contributed by atoms with Gasteiger partial charge in [0, 0.05) is 25.3 Å². The lowest BCUT2D eigenvalue weighted by molar-refractivity contribution is -0.126. The SMILES string of the molecule is CC=NNC(=O)CCC(=O)NN=CC. The molecule has 0 saturated heterocycles. The minimum absolute atomic E-state index is 0.0996. The van der Waals surface area contributed by atoms with Crippen molar-refractivity contribution in [2.75, 3.05) is 0 Å². The van der Waals surface area contributed by atoms with Crippen LogP contribution in [0.15, 0.2) is 10.2 Å². The van der Waals surface area contributed by atoms with Gasteiger partial charge in [0.1, 0.15) is 0 Å². The molecule has 0 unspecified atom stereocenters. The van der Waals surface area contributed by atoms with E-state index in [1.165, 1.54) is 12.4 Å². The van der Waals surface area contributed by atoms with Crippen LogP contribution in [0.4, 0.5) is 0 Å². The monoisotopic (exact) mass is 198 g/mol. The van der Waals surface area contributed by atoms with Gasteiger partial charge in [-0.2, -0.15) is 10.2 Å². The third-order valence-corrected chi connectivity index (χ3v) is 1.22. The van der Waals surface area contributed by atoms with Gasteiger partial charge in [-0.25, -0.2) is 10.9 Å². The van der Waals surface area contributed by atoms with E-state index in [9.17, 15) is 9.59 Å². The summed E-state index contributed by atoms with van der Waals surface area (Å²) in [5, 5.41) is 7.05. The van der Waals surface area contributed by atoms with Gasteiger partial charge in [-0.15, -0.1) is 0 Å². The lowest BCUT2D eigenvalue weighted by atomic mass is 10.3. The van der Waals surface area contributed by atoms with E-state index in [1.54, 1.807) is 13.8 Å². The van der Waals surface area contributed by atoms with E-state index in [2.05, 4.69) is 21.1 Å². The molecule has 0 aliphatic heterocycles. The van der Waals surface area contributed by atoms with Crippen molar-refractivity contribution in [2.24, 2.45) is 10.2 Å². The molecule has 2 amide bonds. The van der Waals surface area contributed by atoms with Crippen molar-refractivity contribution in [3.8, 4) is 0 Å². The summed E-state index contributed by atoms with van der Waals surface area (Å²) in [5.74, 6) is -0.586. The summed E-state index contributed by atoms with van der Waals surface area (Å²) < 4.78 is 0. The maximum absolute atomic E-state index is 10.9. The van der Waals surface area contributed by atoms with Crippen molar-refractivity contribution in [1.29, 1.82) is 0 Å². The van der Waals surface area contributed by atoms with Gasteiger partial charge in [-0.05, 0) is 13.8 Å². The fourth-order valence-electron chi connectivity index (χ4n) is 0.612. The summed E-state index contributed by atoms with van der Waals surface area (Å²) in [5.41, 5.74) is 4.51. The second-order valence-electron chi connectivity index (χ2n) is 2.34. The molecule has 0 bridgehead atoms. The lowest BCUT2D eigenvalue weighted by Gasteiger charge is -1.98. The molecule has 0 saturated carbocycles. The normalized spacial score (nSPS) is 10.7. The van der Waals surface area contributed by atoms with Crippen molar-refractivity contribution in [3.05, 3.63) is 0 Å². The number of hydrogen-bond acceptors (Lipinski definition) is 4. The summed E-state index contributed by atoms with van der Waals surface area (Å²) in [6, 6.07) is 0. The van der Waals surface area contributed by atoms with E-state index in [4.69, 9.17) is 0 Å². The Morgan fingerprint density at radius 3 is 1.64 bits per heavy atom. The van der Waals surface area contributed by atoms with Crippen LogP contribution in [0.2, 0.25) is 0 Å². The van der Waals surface area contributed by atoms with E-state index in [1.807, 2.05) is 0 Å². The number of carbonyl (C=O) groups is 2. The van der Waals surface area contributed by atoms with E-state index < -0.39 is 0 Å². The first-order valence-electron chi connectivity index (χ1n) is 4.23. The van der Waals surface area contributed by atoms with Crippen LogP contribution < -0.4 is 10.9 Å². The van der Waals surface area contributed by atoms with Crippen LogP contribution in [0.5, 0.6) is 0 Å². The minimum Gasteiger partial charge on any atom is -0.273 e. The Morgan fingerprint density at radius 1 is 1.00 bits per heavy atom. The summed E-state index contributed by atoms with van der Waals surface area (Å²) >= 11 is 0. The van der Waals surface area contributed by atoms with Crippen molar-refractivity contribution in [1.82, 2.24) is 10.9 Å². The lowest BCUT2D eigenvalue weighted by Crippen LogP contribution is -2.22. The fourth-order valence-corrected chi connectivity index (χ4v) is 0.612. The van der Waals surface area contributed by atoms with Gasteiger partial charge < -0.3 is 0 Å². The van der Waals surface area contributed by atoms with Crippen molar-refractivity contribution < 1.29 is 9.59 Å². The van der Waals surface area contributed by atoms with Gasteiger partial charge >= 0.3 is 0 Å². The largest absolute Gasteiger partial charge is 0.273 e. The molecule has 0 atom stereocenters. The van der Waals surface area contributed by atoms with Crippen LogP contribution in [0.1, 0.15) is 26.7 Å². The van der Waals surface area contributed by atoms with Gasteiger partial charge in [-0.3, -0.25) is 9.59 Å². The molecule has 14 heavy (non-hydrogen) atoms. The molecule has 2 N–H and O–H groups in total. The van der Waals surface area contributed by atoms with E-state index in [0.29, 0.717) is 0 Å². The molecule has 0 fully saturated rings. The predicted octanol–water partition coefficient (Wildman–Crippen LogP) is 0.0104. The zero-order valence-electron chi connectivity index (χ0n) is 8.28. The van der Waals surface area contributed by atoms with E-state index in [0.717, 1.165) is 0 Å². The Kier molecular flexibility index (Phi) is 6.93. The van der Waals surface area contributed by atoms with Crippen LogP contribution in [-0.4, -0.2) is 24.2 Å². The molecule has 0 aromatic rings. The number of nitrogens with zero attached hydrogens (tertiary/aromatic N) is 2. The Labute approximate surface area is 82.4 Å². The third kappa shape index (κ3) is 6.96. The summed E-state index contributed by atoms with van der Waals surface area (Å²) in [6.45, 7) is 3.37. The highest BCUT2D eigenvalue weighted by atomic mass is 16.2. The zero-order valence-corrected chi connectivity index (χ0v) is 8.28. The molecular weight excluding hydrogens is 184 g/mol. The predicted molar refractivity (Wildman–Crippen MR) is 53.9 cm³/mol. The standard InChI is InChI=1S/C8H14N4O2/c1-3-9-11-7(13)5-6-8(14)12-10-4-2/h3-4H,5-6H2,1-2H3,(H,11,13)(H,12,14). The minimum atomic E-state index is -0.293. The van der Waals surface area contributed by atoms with E-state index >= 15 is 0 Å². The molecule has 0 radical (unpaired) electrons. The zero-order chi connectivity index (χ0) is 10.8. The molecule has 78 valence electrons. The number of carbonyl (C=O) groups excluding carboxylic acids is 2. The molecule has 0 aromatic carbocycles.